The molecule has 1 unspecified atom stereocenters. The molecule has 0 fully saturated rings. The van der Waals surface area contributed by atoms with Crippen molar-refractivity contribution in [2.24, 2.45) is 0 Å². The Morgan fingerprint density at radius 1 is 1.20 bits per heavy atom. The van der Waals surface area contributed by atoms with Gasteiger partial charge in [0.05, 0.1) is 10.9 Å². The molecule has 25 heavy (non-hydrogen) atoms. The summed E-state index contributed by atoms with van der Waals surface area (Å²) in [5, 5.41) is 2.78. The average Bonchev–Trinajstić information content (AvgIpc) is 2.60. The third-order valence-electron chi connectivity index (χ3n) is 4.24. The highest BCUT2D eigenvalue weighted by molar-refractivity contribution is 8.00. The third-order valence-corrected chi connectivity index (χ3v) is 5.41. The minimum absolute atomic E-state index is 0.0212. The molecule has 1 N–H and O–H groups in total. The number of amides is 2. The monoisotopic (exact) mass is 354 g/mol. The van der Waals surface area contributed by atoms with E-state index < -0.39 is 0 Å². The summed E-state index contributed by atoms with van der Waals surface area (Å²) in [6, 6.07) is 15.6. The summed E-state index contributed by atoms with van der Waals surface area (Å²) in [4.78, 5) is 27.8. The second kappa shape index (κ2) is 7.31. The molecular weight excluding hydrogens is 332 g/mol. The predicted molar refractivity (Wildman–Crippen MR) is 102 cm³/mol. The quantitative estimate of drug-likeness (QED) is 0.896. The van der Waals surface area contributed by atoms with Crippen LogP contribution in [0.15, 0.2) is 53.4 Å². The number of hydrogen-bond acceptors (Lipinski definition) is 3. The van der Waals surface area contributed by atoms with Crippen molar-refractivity contribution in [3.63, 3.8) is 0 Å². The maximum absolute atomic E-state index is 13.0. The number of benzene rings is 2. The molecule has 0 radical (unpaired) electrons. The van der Waals surface area contributed by atoms with Gasteiger partial charge in [-0.2, -0.15) is 0 Å². The van der Waals surface area contributed by atoms with Crippen LogP contribution >= 0.6 is 11.8 Å². The summed E-state index contributed by atoms with van der Waals surface area (Å²) in [6.45, 7) is 6.46. The molecule has 130 valence electrons. The van der Waals surface area contributed by atoms with E-state index in [2.05, 4.69) is 5.32 Å². The molecule has 0 saturated carbocycles. The Balaban J connectivity index is 1.85. The number of thioether (sulfide) groups is 1. The van der Waals surface area contributed by atoms with Gasteiger partial charge in [0.25, 0.3) is 5.91 Å². The molecule has 1 heterocycles. The Labute approximate surface area is 152 Å². The number of carbonyl (C=O) groups is 2. The van der Waals surface area contributed by atoms with E-state index in [1.165, 1.54) is 11.8 Å². The van der Waals surface area contributed by atoms with E-state index in [0.29, 0.717) is 12.1 Å². The number of nitrogens with zero attached hydrogens (tertiary/aromatic N) is 1. The lowest BCUT2D eigenvalue weighted by molar-refractivity contribution is -0.115. The van der Waals surface area contributed by atoms with Crippen LogP contribution < -0.4 is 5.32 Å². The fraction of sp³-hybridized carbons (Fsp3) is 0.300. The third kappa shape index (κ3) is 3.87. The first kappa shape index (κ1) is 17.5. The highest BCUT2D eigenvalue weighted by atomic mass is 32.2. The molecule has 2 aromatic rings. The van der Waals surface area contributed by atoms with Gasteiger partial charge in [0, 0.05) is 23.0 Å². The van der Waals surface area contributed by atoms with Gasteiger partial charge in [0.1, 0.15) is 0 Å². The Bertz CT molecular complexity index is 790. The van der Waals surface area contributed by atoms with Crippen LogP contribution in [0.25, 0.3) is 0 Å². The molecule has 0 spiro atoms. The highest BCUT2D eigenvalue weighted by Crippen LogP contribution is 2.36. The zero-order chi connectivity index (χ0) is 18.0. The van der Waals surface area contributed by atoms with Gasteiger partial charge in [-0.15, -0.1) is 11.8 Å². The fourth-order valence-corrected chi connectivity index (χ4v) is 3.71. The largest absolute Gasteiger partial charge is 0.332 e. The lowest BCUT2D eigenvalue weighted by atomic mass is 10.1. The van der Waals surface area contributed by atoms with E-state index in [4.69, 9.17) is 0 Å². The van der Waals surface area contributed by atoms with Crippen LogP contribution in [0.2, 0.25) is 0 Å². The number of fused-ring (bicyclic) bond motifs is 1. The SMILES string of the molecule is CC1Sc2ccc(C(=O)N(Cc3ccccc3)C(C)C)cc2NC1=O. The molecule has 0 aromatic heterocycles. The van der Waals surface area contributed by atoms with Gasteiger partial charge in [-0.1, -0.05) is 30.3 Å². The zero-order valence-electron chi connectivity index (χ0n) is 14.7. The van der Waals surface area contributed by atoms with Gasteiger partial charge in [-0.3, -0.25) is 9.59 Å². The zero-order valence-corrected chi connectivity index (χ0v) is 15.5. The van der Waals surface area contributed by atoms with Gasteiger partial charge >= 0.3 is 0 Å². The smallest absolute Gasteiger partial charge is 0.254 e. The number of rotatable bonds is 4. The van der Waals surface area contributed by atoms with Crippen molar-refractivity contribution in [1.29, 1.82) is 0 Å². The van der Waals surface area contributed by atoms with E-state index in [1.807, 2.05) is 68.1 Å². The maximum atomic E-state index is 13.0. The van der Waals surface area contributed by atoms with Crippen molar-refractivity contribution in [3.05, 3.63) is 59.7 Å². The van der Waals surface area contributed by atoms with Gasteiger partial charge < -0.3 is 10.2 Å². The molecule has 2 aromatic carbocycles. The van der Waals surface area contributed by atoms with Crippen molar-refractivity contribution in [1.82, 2.24) is 4.90 Å². The summed E-state index contributed by atoms with van der Waals surface area (Å²) in [6.07, 6.45) is 0. The van der Waals surface area contributed by atoms with Crippen LogP contribution in [0.3, 0.4) is 0 Å². The molecular formula is C20H22N2O2S. The summed E-state index contributed by atoms with van der Waals surface area (Å²) >= 11 is 1.52. The van der Waals surface area contributed by atoms with Crippen LogP contribution in [-0.2, 0) is 11.3 Å². The van der Waals surface area contributed by atoms with Crippen molar-refractivity contribution in [2.45, 2.75) is 43.5 Å². The van der Waals surface area contributed by atoms with Crippen LogP contribution in [0, 0.1) is 0 Å². The molecule has 0 bridgehead atoms. The first-order valence-electron chi connectivity index (χ1n) is 8.42. The standard InChI is InChI=1S/C20H22N2O2S/c1-13(2)22(12-15-7-5-4-6-8-15)20(24)16-9-10-18-17(11-16)21-19(23)14(3)25-18/h4-11,13-14H,12H2,1-3H3,(H,21,23). The van der Waals surface area contributed by atoms with Crippen LogP contribution in [0.5, 0.6) is 0 Å². The normalized spacial score (nSPS) is 16.3. The number of carbonyl (C=O) groups excluding carboxylic acids is 2. The van der Waals surface area contributed by atoms with Crippen LogP contribution in [0.4, 0.5) is 5.69 Å². The first-order valence-corrected chi connectivity index (χ1v) is 9.30. The van der Waals surface area contributed by atoms with Crippen LogP contribution in [-0.4, -0.2) is 28.0 Å². The van der Waals surface area contributed by atoms with Gasteiger partial charge in [-0.25, -0.2) is 0 Å². The maximum Gasteiger partial charge on any atom is 0.254 e. The molecule has 1 aliphatic heterocycles. The summed E-state index contributed by atoms with van der Waals surface area (Å²) < 4.78 is 0. The van der Waals surface area contributed by atoms with Crippen molar-refractivity contribution >= 4 is 29.3 Å². The van der Waals surface area contributed by atoms with Crippen molar-refractivity contribution < 1.29 is 9.59 Å². The number of nitrogens with one attached hydrogen (secondary N) is 1. The van der Waals surface area contributed by atoms with E-state index in [0.717, 1.165) is 16.1 Å². The number of anilines is 1. The van der Waals surface area contributed by atoms with Gasteiger partial charge in [0.2, 0.25) is 5.91 Å². The highest BCUT2D eigenvalue weighted by Gasteiger charge is 2.25. The average molecular weight is 354 g/mol. The second-order valence-corrected chi connectivity index (χ2v) is 7.86. The summed E-state index contributed by atoms with van der Waals surface area (Å²) in [5.74, 6) is -0.0494. The second-order valence-electron chi connectivity index (χ2n) is 6.47. The van der Waals surface area contributed by atoms with E-state index in [9.17, 15) is 9.59 Å². The Morgan fingerprint density at radius 3 is 2.60 bits per heavy atom. The summed E-state index contributed by atoms with van der Waals surface area (Å²) in [7, 11) is 0. The van der Waals surface area contributed by atoms with Gasteiger partial charge in [0.15, 0.2) is 0 Å². The summed E-state index contributed by atoms with van der Waals surface area (Å²) in [5.41, 5.74) is 2.42. The molecule has 4 nitrogen and oxygen atoms in total. The molecule has 5 heteroatoms. The van der Waals surface area contributed by atoms with Crippen molar-refractivity contribution in [3.8, 4) is 0 Å². The lowest BCUT2D eigenvalue weighted by Crippen LogP contribution is -2.36. The van der Waals surface area contributed by atoms with E-state index in [1.54, 1.807) is 6.07 Å². The Morgan fingerprint density at radius 2 is 1.92 bits per heavy atom. The first-order chi connectivity index (χ1) is 12.0. The topological polar surface area (TPSA) is 49.4 Å². The molecule has 1 aliphatic rings. The Kier molecular flexibility index (Phi) is 5.13. The van der Waals surface area contributed by atoms with Crippen molar-refractivity contribution in [2.75, 3.05) is 5.32 Å². The molecule has 0 saturated heterocycles. The fourth-order valence-electron chi connectivity index (χ4n) is 2.78. The molecule has 1 atom stereocenters. The Hall–Kier alpha value is -2.27. The molecule has 2 amide bonds. The van der Waals surface area contributed by atoms with E-state index in [-0.39, 0.29) is 23.1 Å². The minimum atomic E-state index is -0.112. The predicted octanol–water partition coefficient (Wildman–Crippen LogP) is 4.17. The van der Waals surface area contributed by atoms with Gasteiger partial charge in [-0.05, 0) is 44.5 Å². The lowest BCUT2D eigenvalue weighted by Gasteiger charge is -2.28. The van der Waals surface area contributed by atoms with E-state index >= 15 is 0 Å². The minimum Gasteiger partial charge on any atom is -0.332 e. The molecule has 0 aliphatic carbocycles. The number of hydrogen-bond donors (Lipinski definition) is 1. The van der Waals surface area contributed by atoms with Crippen LogP contribution in [0.1, 0.15) is 36.7 Å². The molecule has 3 rings (SSSR count).